The number of likely N-dealkylation sites (N-methyl/N-ethyl adjacent to an activating group) is 1. The van der Waals surface area contributed by atoms with Gasteiger partial charge in [-0.1, -0.05) is 13.8 Å². The second-order valence-electron chi connectivity index (χ2n) is 2.74. The van der Waals surface area contributed by atoms with Crippen LogP contribution in [0.5, 0.6) is 0 Å². The van der Waals surface area contributed by atoms with Gasteiger partial charge in [0.2, 0.25) is 0 Å². The van der Waals surface area contributed by atoms with Gasteiger partial charge in [-0.15, -0.1) is 5.73 Å². The summed E-state index contributed by atoms with van der Waals surface area (Å²) in [5.41, 5.74) is 2.78. The maximum absolute atomic E-state index is 11.0. The molecule has 0 heterocycles. The molecule has 0 aromatic heterocycles. The van der Waals surface area contributed by atoms with Gasteiger partial charge in [0, 0.05) is 13.1 Å². The molecular formula is C9H15NO2. The van der Waals surface area contributed by atoms with Crippen LogP contribution in [0.25, 0.3) is 0 Å². The first-order valence-electron chi connectivity index (χ1n) is 3.82. The Morgan fingerprint density at radius 1 is 1.58 bits per heavy atom. The van der Waals surface area contributed by atoms with Crippen molar-refractivity contribution in [3.8, 4) is 0 Å². The quantitative estimate of drug-likeness (QED) is 0.363. The van der Waals surface area contributed by atoms with Crippen LogP contribution in [0.1, 0.15) is 13.8 Å². The van der Waals surface area contributed by atoms with Crippen molar-refractivity contribution >= 4 is 5.91 Å². The van der Waals surface area contributed by atoms with Crippen molar-refractivity contribution in [2.45, 2.75) is 13.8 Å². The minimum atomic E-state index is -0.214. The zero-order valence-corrected chi connectivity index (χ0v) is 8.00. The van der Waals surface area contributed by atoms with Gasteiger partial charge in [-0.3, -0.25) is 9.63 Å². The predicted molar refractivity (Wildman–Crippen MR) is 47.3 cm³/mol. The van der Waals surface area contributed by atoms with Crippen LogP contribution < -0.4 is 0 Å². The van der Waals surface area contributed by atoms with Crippen LogP contribution in [0.2, 0.25) is 0 Å². The molecule has 0 radical (unpaired) electrons. The molecule has 0 rings (SSSR count). The molecule has 12 heavy (non-hydrogen) atoms. The van der Waals surface area contributed by atoms with E-state index in [-0.39, 0.29) is 5.91 Å². The summed E-state index contributed by atoms with van der Waals surface area (Å²) in [6.45, 7) is 4.04. The number of carbonyl (C=O) groups is 1. The van der Waals surface area contributed by atoms with Crippen LogP contribution in [0.4, 0.5) is 0 Å². The van der Waals surface area contributed by atoms with Crippen molar-refractivity contribution in [2.75, 3.05) is 14.2 Å². The number of hydrogen-bond acceptors (Lipinski definition) is 2. The second kappa shape index (κ2) is 5.58. The molecule has 3 nitrogen and oxygen atoms in total. The van der Waals surface area contributed by atoms with Gasteiger partial charge in [0.25, 0.3) is 5.91 Å². The Balaban J connectivity index is 4.08. The van der Waals surface area contributed by atoms with Crippen molar-refractivity contribution < 1.29 is 9.63 Å². The molecule has 0 aliphatic rings. The fraction of sp³-hybridized carbons (Fsp3) is 0.556. The Labute approximate surface area is 73.3 Å². The van der Waals surface area contributed by atoms with Crippen LogP contribution >= 0.6 is 0 Å². The summed E-state index contributed by atoms with van der Waals surface area (Å²) in [5, 5.41) is 1.14. The van der Waals surface area contributed by atoms with Gasteiger partial charge in [0.15, 0.2) is 0 Å². The molecule has 0 spiro atoms. The van der Waals surface area contributed by atoms with Crippen molar-refractivity contribution in [3.63, 3.8) is 0 Å². The number of nitrogens with zero attached hydrogens (tertiary/aromatic N) is 1. The highest BCUT2D eigenvalue weighted by molar-refractivity contribution is 5.86. The summed E-state index contributed by atoms with van der Waals surface area (Å²) in [7, 11) is 2.99. The zero-order chi connectivity index (χ0) is 9.56. The van der Waals surface area contributed by atoms with E-state index in [9.17, 15) is 4.79 Å². The van der Waals surface area contributed by atoms with Gasteiger partial charge < -0.3 is 0 Å². The molecule has 1 amide bonds. The smallest absolute Gasteiger partial charge is 0.274 e. The van der Waals surface area contributed by atoms with Gasteiger partial charge in [-0.05, 0) is 12.0 Å². The van der Waals surface area contributed by atoms with Gasteiger partial charge >= 0.3 is 0 Å². The summed E-state index contributed by atoms with van der Waals surface area (Å²) in [4.78, 5) is 15.7. The highest BCUT2D eigenvalue weighted by Crippen LogP contribution is 1.91. The van der Waals surface area contributed by atoms with Crippen molar-refractivity contribution in [2.24, 2.45) is 5.92 Å². The van der Waals surface area contributed by atoms with Gasteiger partial charge in [0.05, 0.1) is 7.11 Å². The molecule has 3 heteroatoms. The summed E-state index contributed by atoms with van der Waals surface area (Å²) >= 11 is 0. The highest BCUT2D eigenvalue weighted by atomic mass is 16.7. The molecule has 0 unspecified atom stereocenters. The molecule has 0 aliphatic heterocycles. The van der Waals surface area contributed by atoms with E-state index in [1.165, 1.54) is 13.2 Å². The van der Waals surface area contributed by atoms with Gasteiger partial charge in [-0.25, -0.2) is 5.06 Å². The van der Waals surface area contributed by atoms with Gasteiger partial charge in [0.1, 0.15) is 0 Å². The van der Waals surface area contributed by atoms with E-state index in [0.717, 1.165) is 5.06 Å². The van der Waals surface area contributed by atoms with E-state index in [2.05, 4.69) is 10.6 Å². The molecule has 0 atom stereocenters. The SMILES string of the molecule is CON(C)C(=O)C=C=CC(C)C. The highest BCUT2D eigenvalue weighted by Gasteiger charge is 2.00. The summed E-state index contributed by atoms with van der Waals surface area (Å²) in [5.74, 6) is 0.191. The molecule has 0 N–H and O–H groups in total. The first-order chi connectivity index (χ1) is 5.57. The minimum Gasteiger partial charge on any atom is -0.274 e. The van der Waals surface area contributed by atoms with Crippen LogP contribution in [-0.4, -0.2) is 25.1 Å². The maximum atomic E-state index is 11.0. The topological polar surface area (TPSA) is 29.5 Å². The van der Waals surface area contributed by atoms with Crippen molar-refractivity contribution in [1.29, 1.82) is 0 Å². The molecule has 0 aromatic carbocycles. The van der Waals surface area contributed by atoms with Crippen LogP contribution in [0.3, 0.4) is 0 Å². The number of carbonyl (C=O) groups excluding carboxylic acids is 1. The lowest BCUT2D eigenvalue weighted by Gasteiger charge is -2.09. The third kappa shape index (κ3) is 4.72. The summed E-state index contributed by atoms with van der Waals surface area (Å²) in [6.07, 6.45) is 3.17. The Hall–Kier alpha value is -1.05. The predicted octanol–water partition coefficient (Wildman–Crippen LogP) is 1.37. The van der Waals surface area contributed by atoms with Crippen molar-refractivity contribution in [1.82, 2.24) is 5.06 Å². The molecule has 68 valence electrons. The average molecular weight is 169 g/mol. The average Bonchev–Trinajstić information content (AvgIpc) is 2.02. The van der Waals surface area contributed by atoms with E-state index >= 15 is 0 Å². The zero-order valence-electron chi connectivity index (χ0n) is 8.00. The van der Waals surface area contributed by atoms with E-state index in [0.29, 0.717) is 5.92 Å². The molecular weight excluding hydrogens is 154 g/mol. The third-order valence-corrected chi connectivity index (χ3v) is 1.22. The summed E-state index contributed by atoms with van der Waals surface area (Å²) in [6, 6.07) is 0. The van der Waals surface area contributed by atoms with E-state index < -0.39 is 0 Å². The molecule has 0 aliphatic carbocycles. The lowest BCUT2D eigenvalue weighted by Crippen LogP contribution is -2.22. The first-order valence-corrected chi connectivity index (χ1v) is 3.82. The van der Waals surface area contributed by atoms with E-state index in [1.807, 2.05) is 19.9 Å². The molecule has 0 aromatic rings. The molecule has 0 saturated carbocycles. The Bertz CT molecular complexity index is 203. The van der Waals surface area contributed by atoms with Crippen LogP contribution in [-0.2, 0) is 9.63 Å². The Morgan fingerprint density at radius 2 is 2.17 bits per heavy atom. The van der Waals surface area contributed by atoms with Crippen LogP contribution in [0, 0.1) is 5.92 Å². The maximum Gasteiger partial charge on any atom is 0.277 e. The second-order valence-corrected chi connectivity index (χ2v) is 2.74. The fourth-order valence-electron chi connectivity index (χ4n) is 0.493. The first kappa shape index (κ1) is 11.0. The van der Waals surface area contributed by atoms with Crippen molar-refractivity contribution in [3.05, 3.63) is 17.9 Å². The largest absolute Gasteiger partial charge is 0.277 e. The lowest BCUT2D eigenvalue weighted by atomic mass is 10.2. The number of hydrogen-bond donors (Lipinski definition) is 0. The summed E-state index contributed by atoms with van der Waals surface area (Å²) < 4.78 is 0. The van der Waals surface area contributed by atoms with Gasteiger partial charge in [-0.2, -0.15) is 0 Å². The lowest BCUT2D eigenvalue weighted by molar-refractivity contribution is -0.162. The molecule has 0 saturated heterocycles. The fourth-order valence-corrected chi connectivity index (χ4v) is 0.493. The van der Waals surface area contributed by atoms with E-state index in [1.54, 1.807) is 7.05 Å². The van der Waals surface area contributed by atoms with E-state index in [4.69, 9.17) is 0 Å². The monoisotopic (exact) mass is 169 g/mol. The number of amides is 1. The Morgan fingerprint density at radius 3 is 2.58 bits per heavy atom. The Kier molecular flexibility index (Phi) is 5.09. The number of rotatable bonds is 3. The third-order valence-electron chi connectivity index (χ3n) is 1.22. The molecule has 0 fully saturated rings. The standard InChI is InChI=1S/C9H15NO2/c1-8(2)6-5-7-9(11)10(3)12-4/h6-8H,1-4H3. The normalized spacial score (nSPS) is 9.08. The van der Waals surface area contributed by atoms with Crippen LogP contribution in [0.15, 0.2) is 17.9 Å². The molecule has 0 bridgehead atoms. The minimum absolute atomic E-state index is 0.214. The number of hydroxylamine groups is 2.